The minimum Gasteiger partial charge on any atom is -0.462 e. The summed E-state index contributed by atoms with van der Waals surface area (Å²) in [5.41, 5.74) is -3.15. The molecule has 1 aliphatic rings. The van der Waals surface area contributed by atoms with Crippen LogP contribution >= 0.6 is 20.0 Å². The maximum Gasteiger partial charge on any atom is 0.459 e. The third-order valence-corrected chi connectivity index (χ3v) is 7.14. The smallest absolute Gasteiger partial charge is 0.459 e. The molecule has 11 nitrogen and oxygen atoms in total. The molecule has 36 heavy (non-hydrogen) atoms. The molecule has 3 rings (SSSR count). The Morgan fingerprint density at radius 1 is 1.33 bits per heavy atom. The van der Waals surface area contributed by atoms with Crippen molar-refractivity contribution in [1.29, 1.82) is 0 Å². The molecule has 1 aromatic carbocycles. The topological polar surface area (TPSA) is 141 Å². The number of benzene rings is 1. The summed E-state index contributed by atoms with van der Waals surface area (Å²) < 4.78 is 51.9. The number of aromatic amines is 1. The second-order valence-electron chi connectivity index (χ2n) is 8.67. The highest BCUT2D eigenvalue weighted by Crippen LogP contribution is 2.47. The number of aromatic nitrogens is 2. The van der Waals surface area contributed by atoms with Crippen LogP contribution in [0.25, 0.3) is 0 Å². The zero-order chi connectivity index (χ0) is 26.7. The van der Waals surface area contributed by atoms with E-state index in [2.05, 4.69) is 10.1 Å². The van der Waals surface area contributed by atoms with Crippen LogP contribution in [0.3, 0.4) is 0 Å². The Labute approximate surface area is 212 Å². The molecule has 6 atom stereocenters. The molecular formula is C22H29FN3O8PS. The van der Waals surface area contributed by atoms with E-state index in [-0.39, 0.29) is 10.4 Å². The van der Waals surface area contributed by atoms with E-state index in [0.29, 0.717) is 0 Å². The van der Waals surface area contributed by atoms with Crippen LogP contribution in [0.2, 0.25) is 0 Å². The van der Waals surface area contributed by atoms with Gasteiger partial charge in [0.1, 0.15) is 28.6 Å². The number of ether oxygens (including phenoxy) is 2. The van der Waals surface area contributed by atoms with E-state index in [1.807, 2.05) is 0 Å². The lowest BCUT2D eigenvalue weighted by molar-refractivity contribution is -0.149. The van der Waals surface area contributed by atoms with Crippen LogP contribution in [-0.4, -0.2) is 57.3 Å². The molecule has 0 amide bonds. The van der Waals surface area contributed by atoms with Gasteiger partial charge in [-0.1, -0.05) is 30.4 Å². The lowest BCUT2D eigenvalue weighted by Crippen LogP contribution is -2.43. The average molecular weight is 546 g/mol. The van der Waals surface area contributed by atoms with Gasteiger partial charge in [-0.3, -0.25) is 18.9 Å². The van der Waals surface area contributed by atoms with Crippen molar-refractivity contribution in [2.45, 2.75) is 63.9 Å². The van der Waals surface area contributed by atoms with Gasteiger partial charge >= 0.3 is 19.4 Å². The van der Waals surface area contributed by atoms with E-state index < -0.39 is 62.3 Å². The summed E-state index contributed by atoms with van der Waals surface area (Å²) in [5, 5.41) is 13.1. The molecule has 198 valence electrons. The van der Waals surface area contributed by atoms with Crippen LogP contribution in [0.5, 0.6) is 5.75 Å². The second kappa shape index (κ2) is 11.3. The molecule has 1 saturated heterocycles. The highest BCUT2D eigenvalue weighted by molar-refractivity contribution is 7.71. The van der Waals surface area contributed by atoms with Gasteiger partial charge in [0.2, 0.25) is 0 Å². The van der Waals surface area contributed by atoms with Gasteiger partial charge in [0.15, 0.2) is 11.9 Å². The first-order valence-corrected chi connectivity index (χ1v) is 13.1. The highest BCUT2D eigenvalue weighted by Gasteiger charge is 2.55. The fourth-order valence-electron chi connectivity index (χ4n) is 3.47. The Hall–Kier alpha value is -2.41. The third-order valence-electron chi connectivity index (χ3n) is 5.26. The number of para-hydroxylation sites is 1. The monoisotopic (exact) mass is 545 g/mol. The summed E-state index contributed by atoms with van der Waals surface area (Å²) >= 11 is 4.89. The molecular weight excluding hydrogens is 516 g/mol. The highest BCUT2D eigenvalue weighted by atomic mass is 32.1. The number of aliphatic hydroxyl groups excluding tert-OH is 1. The molecule has 0 radical (unpaired) electrons. The van der Waals surface area contributed by atoms with Gasteiger partial charge in [0.25, 0.3) is 0 Å². The number of hydrogen-bond acceptors (Lipinski definition) is 9. The Morgan fingerprint density at radius 3 is 2.61 bits per heavy atom. The molecule has 0 spiro atoms. The van der Waals surface area contributed by atoms with Crippen molar-refractivity contribution < 1.29 is 37.4 Å². The Balaban J connectivity index is 1.80. The van der Waals surface area contributed by atoms with E-state index in [1.165, 1.54) is 31.3 Å². The van der Waals surface area contributed by atoms with Crippen LogP contribution < -0.4 is 15.3 Å². The van der Waals surface area contributed by atoms with E-state index >= 15 is 4.39 Å². The maximum atomic E-state index is 15.5. The molecule has 0 saturated carbocycles. The minimum atomic E-state index is -4.28. The molecule has 2 aromatic rings. The van der Waals surface area contributed by atoms with Crippen LogP contribution in [0, 0.1) is 4.64 Å². The Morgan fingerprint density at radius 2 is 2.00 bits per heavy atom. The van der Waals surface area contributed by atoms with Crippen molar-refractivity contribution in [2.75, 3.05) is 6.61 Å². The molecule has 1 aliphatic heterocycles. The van der Waals surface area contributed by atoms with E-state index in [0.717, 1.165) is 11.5 Å². The van der Waals surface area contributed by atoms with Gasteiger partial charge in [-0.05, 0) is 45.9 Å². The first-order valence-electron chi connectivity index (χ1n) is 11.1. The number of halogens is 1. The molecule has 1 unspecified atom stereocenters. The predicted octanol–water partition coefficient (Wildman–Crippen LogP) is 3.03. The zero-order valence-corrected chi connectivity index (χ0v) is 21.8. The third kappa shape index (κ3) is 6.67. The van der Waals surface area contributed by atoms with Crippen molar-refractivity contribution in [2.24, 2.45) is 0 Å². The minimum absolute atomic E-state index is 0.144. The Kier molecular flexibility index (Phi) is 8.86. The summed E-state index contributed by atoms with van der Waals surface area (Å²) in [6.45, 7) is 5.21. The molecule has 1 fully saturated rings. The molecule has 0 aliphatic carbocycles. The van der Waals surface area contributed by atoms with Crippen LogP contribution in [0.15, 0.2) is 47.4 Å². The van der Waals surface area contributed by atoms with Gasteiger partial charge in [-0.15, -0.1) is 0 Å². The van der Waals surface area contributed by atoms with Crippen molar-refractivity contribution in [3.8, 4) is 5.75 Å². The Bertz CT molecular complexity index is 1220. The number of carbonyl (C=O) groups excluding carboxylic acids is 1. The number of alkyl halides is 1. The maximum absolute atomic E-state index is 15.5. The van der Waals surface area contributed by atoms with E-state index in [1.54, 1.807) is 32.0 Å². The van der Waals surface area contributed by atoms with E-state index in [4.69, 9.17) is 30.7 Å². The van der Waals surface area contributed by atoms with Crippen molar-refractivity contribution in [1.82, 2.24) is 14.6 Å². The second-order valence-corrected chi connectivity index (χ2v) is 10.8. The lowest BCUT2D eigenvalue weighted by Gasteiger charge is -2.25. The molecule has 14 heteroatoms. The average Bonchev–Trinajstić information content (AvgIpc) is 3.01. The first-order chi connectivity index (χ1) is 16.8. The number of aliphatic hydroxyl groups is 1. The molecule has 2 heterocycles. The predicted molar refractivity (Wildman–Crippen MR) is 130 cm³/mol. The summed E-state index contributed by atoms with van der Waals surface area (Å²) in [7, 11) is -4.28. The van der Waals surface area contributed by atoms with Crippen LogP contribution in [-0.2, 0) is 23.4 Å². The van der Waals surface area contributed by atoms with Gasteiger partial charge in [0.05, 0.1) is 12.7 Å². The number of esters is 1. The van der Waals surface area contributed by atoms with Crippen LogP contribution in [0.4, 0.5) is 4.39 Å². The van der Waals surface area contributed by atoms with Gasteiger partial charge < -0.3 is 19.1 Å². The number of rotatable bonds is 10. The fourth-order valence-corrected chi connectivity index (χ4v) is 5.12. The van der Waals surface area contributed by atoms with E-state index in [9.17, 15) is 19.3 Å². The summed E-state index contributed by atoms with van der Waals surface area (Å²) in [4.78, 5) is 26.9. The number of hydrogen-bond donors (Lipinski definition) is 3. The van der Waals surface area contributed by atoms with Gasteiger partial charge in [0, 0.05) is 6.20 Å². The number of nitrogens with one attached hydrogen (secondary N) is 2. The zero-order valence-electron chi connectivity index (χ0n) is 20.1. The molecule has 1 aromatic heterocycles. The number of carbonyl (C=O) groups is 1. The van der Waals surface area contributed by atoms with Crippen LogP contribution in [0.1, 0.15) is 33.9 Å². The van der Waals surface area contributed by atoms with Crippen molar-refractivity contribution in [3.05, 3.63) is 57.7 Å². The summed E-state index contributed by atoms with van der Waals surface area (Å²) in [5.74, 6) is -0.523. The first kappa shape index (κ1) is 28.2. The van der Waals surface area contributed by atoms with Gasteiger partial charge in [-0.2, -0.15) is 5.09 Å². The molecule has 0 bridgehead atoms. The SMILES string of the molecule is CC(C)OC(=O)[C@H](C)NP(=O)(OC[C@H]1O[C@@H](n2ccc(=S)[nH]c2=O)[C@](C)(F)[C@@H]1O)Oc1ccccc1. The standard InChI is InChI=1S/C22H29FN3O8PS/c1-13(2)32-19(28)14(3)25-35(30,34-15-8-6-5-7-9-15)31-12-16-18(27)22(4,23)20(33-16)26-11-10-17(36)24-21(26)29/h5-11,13-14,16,18,20,27H,12H2,1-4H3,(H,25,30)(H,24,29,36)/t14-,16+,18+,20+,22+,35?/m0/s1. The normalized spacial score (nSPS) is 26.4. The summed E-state index contributed by atoms with van der Waals surface area (Å²) in [6.07, 6.45) is -3.79. The quantitative estimate of drug-likeness (QED) is 0.232. The molecule has 3 N–H and O–H groups in total. The summed E-state index contributed by atoms with van der Waals surface area (Å²) in [6, 6.07) is 8.32. The van der Waals surface area contributed by atoms with Gasteiger partial charge in [-0.25, -0.2) is 13.8 Å². The van der Waals surface area contributed by atoms with Crippen molar-refractivity contribution in [3.63, 3.8) is 0 Å². The number of nitrogens with zero attached hydrogens (tertiary/aromatic N) is 1. The largest absolute Gasteiger partial charge is 0.462 e. The lowest BCUT2D eigenvalue weighted by atomic mass is 9.98. The fraction of sp³-hybridized carbons (Fsp3) is 0.500. The van der Waals surface area contributed by atoms with Crippen molar-refractivity contribution >= 4 is 25.9 Å². The number of H-pyrrole nitrogens is 1.